The minimum absolute atomic E-state index is 0.228. The molecule has 3 nitrogen and oxygen atoms in total. The summed E-state index contributed by atoms with van der Waals surface area (Å²) < 4.78 is 0. The second-order valence-corrected chi connectivity index (χ2v) is 7.51. The van der Waals surface area contributed by atoms with Gasteiger partial charge in [0.05, 0.1) is 11.4 Å². The zero-order chi connectivity index (χ0) is 21.0. The normalized spacial score (nSPS) is 10.7. The van der Waals surface area contributed by atoms with Gasteiger partial charge in [-0.1, -0.05) is 78.9 Å². The van der Waals surface area contributed by atoms with E-state index in [-0.39, 0.29) is 5.28 Å². The van der Waals surface area contributed by atoms with Crippen molar-refractivity contribution in [3.05, 3.63) is 115 Å². The summed E-state index contributed by atoms with van der Waals surface area (Å²) in [7, 11) is 0. The first-order valence-electron chi connectivity index (χ1n) is 9.97. The Morgan fingerprint density at radius 1 is 0.484 bits per heavy atom. The predicted octanol–water partition coefficient (Wildman–Crippen LogP) is 7.19. The molecule has 3 aromatic carbocycles. The van der Waals surface area contributed by atoms with E-state index in [2.05, 4.69) is 63.5 Å². The van der Waals surface area contributed by atoms with Gasteiger partial charge in [-0.15, -0.1) is 0 Å². The lowest BCUT2D eigenvalue weighted by molar-refractivity contribution is 1.18. The Labute approximate surface area is 186 Å². The Balaban J connectivity index is 1.50. The van der Waals surface area contributed by atoms with Crippen LogP contribution in [0.4, 0.5) is 0 Å². The van der Waals surface area contributed by atoms with Crippen LogP contribution in [0.1, 0.15) is 0 Å². The molecule has 0 atom stereocenters. The smallest absolute Gasteiger partial charge is 0.223 e. The molecule has 0 aliphatic heterocycles. The highest BCUT2D eigenvalue weighted by Gasteiger charge is 2.09. The first kappa shape index (κ1) is 19.2. The highest BCUT2D eigenvalue weighted by molar-refractivity contribution is 6.28. The number of pyridine rings is 1. The van der Waals surface area contributed by atoms with E-state index in [0.717, 1.165) is 39.2 Å². The second kappa shape index (κ2) is 8.50. The molecule has 5 rings (SSSR count). The predicted molar refractivity (Wildman–Crippen MR) is 127 cm³/mol. The molecular formula is C27H18ClN3. The second-order valence-electron chi connectivity index (χ2n) is 7.17. The number of nitrogens with zero attached hydrogens (tertiary/aromatic N) is 3. The van der Waals surface area contributed by atoms with Gasteiger partial charge >= 0.3 is 0 Å². The van der Waals surface area contributed by atoms with Gasteiger partial charge in [0, 0.05) is 29.1 Å². The van der Waals surface area contributed by atoms with Gasteiger partial charge in [-0.05, 0) is 46.5 Å². The average Bonchev–Trinajstić information content (AvgIpc) is 2.85. The van der Waals surface area contributed by atoms with Crippen LogP contribution in [0.2, 0.25) is 5.28 Å². The molecule has 2 aromatic heterocycles. The Kier molecular flexibility index (Phi) is 5.26. The van der Waals surface area contributed by atoms with Crippen molar-refractivity contribution < 1.29 is 0 Å². The van der Waals surface area contributed by atoms with Crippen LogP contribution in [0.15, 0.2) is 109 Å². The number of hydrogen-bond acceptors (Lipinski definition) is 3. The summed E-state index contributed by atoms with van der Waals surface area (Å²) >= 11 is 6.30. The van der Waals surface area contributed by atoms with Gasteiger partial charge in [-0.2, -0.15) is 0 Å². The van der Waals surface area contributed by atoms with Crippen LogP contribution < -0.4 is 0 Å². The van der Waals surface area contributed by atoms with Gasteiger partial charge in [-0.3, -0.25) is 4.98 Å². The number of halogens is 1. The maximum Gasteiger partial charge on any atom is 0.223 e. The molecule has 0 unspecified atom stereocenters. The fraction of sp³-hybridized carbons (Fsp3) is 0. The van der Waals surface area contributed by atoms with Crippen molar-refractivity contribution in [2.24, 2.45) is 0 Å². The lowest BCUT2D eigenvalue weighted by atomic mass is 10.0. The Morgan fingerprint density at radius 2 is 1.10 bits per heavy atom. The molecule has 0 spiro atoms. The standard InChI is InChI=1S/C27H18ClN3/c28-27-30-25(21-13-11-20(12-14-21)19-6-2-1-3-7-19)17-26(31-27)23-9-4-8-22(16-23)24-10-5-15-29-18-24/h1-18H. The van der Waals surface area contributed by atoms with Crippen molar-refractivity contribution >= 4 is 11.6 Å². The van der Waals surface area contributed by atoms with Gasteiger partial charge in [0.25, 0.3) is 0 Å². The largest absolute Gasteiger partial charge is 0.264 e. The Morgan fingerprint density at radius 3 is 1.84 bits per heavy atom. The van der Waals surface area contributed by atoms with Gasteiger partial charge < -0.3 is 0 Å². The average molecular weight is 420 g/mol. The molecule has 0 N–H and O–H groups in total. The monoisotopic (exact) mass is 419 g/mol. The van der Waals surface area contributed by atoms with Gasteiger partial charge in [0.2, 0.25) is 5.28 Å². The van der Waals surface area contributed by atoms with Gasteiger partial charge in [0.15, 0.2) is 0 Å². The van der Waals surface area contributed by atoms with Crippen LogP contribution in [-0.2, 0) is 0 Å². The van der Waals surface area contributed by atoms with E-state index in [1.807, 2.05) is 54.7 Å². The third-order valence-corrected chi connectivity index (χ3v) is 5.31. The number of rotatable bonds is 4. The van der Waals surface area contributed by atoms with E-state index in [0.29, 0.717) is 0 Å². The molecule has 5 aromatic rings. The minimum atomic E-state index is 0.228. The van der Waals surface area contributed by atoms with E-state index < -0.39 is 0 Å². The number of benzene rings is 3. The maximum absolute atomic E-state index is 6.30. The fourth-order valence-corrected chi connectivity index (χ4v) is 3.75. The molecule has 0 bridgehead atoms. The summed E-state index contributed by atoms with van der Waals surface area (Å²) in [6.07, 6.45) is 3.62. The minimum Gasteiger partial charge on any atom is -0.264 e. The van der Waals surface area contributed by atoms with Crippen LogP contribution in [0.5, 0.6) is 0 Å². The van der Waals surface area contributed by atoms with E-state index in [9.17, 15) is 0 Å². The van der Waals surface area contributed by atoms with E-state index in [4.69, 9.17) is 11.6 Å². The molecule has 0 saturated carbocycles. The van der Waals surface area contributed by atoms with Gasteiger partial charge in [-0.25, -0.2) is 9.97 Å². The fourth-order valence-electron chi connectivity index (χ4n) is 3.57. The highest BCUT2D eigenvalue weighted by atomic mass is 35.5. The van der Waals surface area contributed by atoms with Crippen LogP contribution in [0.25, 0.3) is 44.8 Å². The SMILES string of the molecule is Clc1nc(-c2ccc(-c3ccccc3)cc2)cc(-c2cccc(-c3cccnc3)c2)n1. The van der Waals surface area contributed by atoms with Crippen molar-refractivity contribution in [1.82, 2.24) is 15.0 Å². The number of aromatic nitrogens is 3. The van der Waals surface area contributed by atoms with Crippen molar-refractivity contribution in [2.75, 3.05) is 0 Å². The van der Waals surface area contributed by atoms with Crippen molar-refractivity contribution in [1.29, 1.82) is 0 Å². The molecule has 0 aliphatic rings. The molecule has 2 heterocycles. The molecule has 4 heteroatoms. The first-order valence-corrected chi connectivity index (χ1v) is 10.4. The molecule has 0 saturated heterocycles. The molecule has 0 amide bonds. The summed E-state index contributed by atoms with van der Waals surface area (Å²) in [5.41, 5.74) is 8.03. The van der Waals surface area contributed by atoms with Crippen LogP contribution in [0.3, 0.4) is 0 Å². The molecule has 0 aliphatic carbocycles. The summed E-state index contributed by atoms with van der Waals surface area (Å²) in [6.45, 7) is 0. The maximum atomic E-state index is 6.30. The quantitative estimate of drug-likeness (QED) is 0.289. The molecule has 148 valence electrons. The number of hydrogen-bond donors (Lipinski definition) is 0. The van der Waals surface area contributed by atoms with Gasteiger partial charge in [0.1, 0.15) is 0 Å². The summed E-state index contributed by atoms with van der Waals surface area (Å²) in [6, 6.07) is 32.8. The first-order chi connectivity index (χ1) is 15.3. The van der Waals surface area contributed by atoms with Crippen LogP contribution in [0, 0.1) is 0 Å². The third kappa shape index (κ3) is 4.23. The van der Waals surface area contributed by atoms with Crippen molar-refractivity contribution in [3.8, 4) is 44.8 Å². The highest BCUT2D eigenvalue weighted by Crippen LogP contribution is 2.29. The Bertz CT molecular complexity index is 1320. The van der Waals surface area contributed by atoms with E-state index >= 15 is 0 Å². The van der Waals surface area contributed by atoms with Crippen molar-refractivity contribution in [3.63, 3.8) is 0 Å². The molecular weight excluding hydrogens is 402 g/mol. The summed E-state index contributed by atoms with van der Waals surface area (Å²) in [4.78, 5) is 13.1. The third-order valence-electron chi connectivity index (χ3n) is 5.14. The summed E-state index contributed by atoms with van der Waals surface area (Å²) in [5.74, 6) is 0. The van der Waals surface area contributed by atoms with E-state index in [1.165, 1.54) is 5.56 Å². The Hall–Kier alpha value is -3.82. The van der Waals surface area contributed by atoms with Crippen molar-refractivity contribution in [2.45, 2.75) is 0 Å². The van der Waals surface area contributed by atoms with E-state index in [1.54, 1.807) is 6.20 Å². The van der Waals surface area contributed by atoms with Crippen LogP contribution >= 0.6 is 11.6 Å². The summed E-state index contributed by atoms with van der Waals surface area (Å²) in [5, 5.41) is 0.228. The topological polar surface area (TPSA) is 38.7 Å². The molecule has 0 fully saturated rings. The molecule has 31 heavy (non-hydrogen) atoms. The zero-order valence-electron chi connectivity index (χ0n) is 16.6. The lowest BCUT2D eigenvalue weighted by Crippen LogP contribution is -1.92. The zero-order valence-corrected chi connectivity index (χ0v) is 17.4. The van der Waals surface area contributed by atoms with Crippen LogP contribution in [-0.4, -0.2) is 15.0 Å². The molecule has 0 radical (unpaired) electrons. The lowest BCUT2D eigenvalue weighted by Gasteiger charge is -2.09.